The maximum Gasteiger partial charge on any atom is 0.239 e. The Morgan fingerprint density at radius 2 is 2.14 bits per heavy atom. The molecule has 14 heavy (non-hydrogen) atoms. The maximum atomic E-state index is 11.4. The molecule has 1 amide bonds. The van der Waals surface area contributed by atoms with Crippen LogP contribution in [-0.4, -0.2) is 29.2 Å². The second kappa shape index (κ2) is 5.98. The van der Waals surface area contributed by atoms with Gasteiger partial charge in [0.1, 0.15) is 0 Å². The molecule has 84 valence electrons. The molecule has 0 aliphatic carbocycles. The van der Waals surface area contributed by atoms with Crippen molar-refractivity contribution in [3.63, 3.8) is 0 Å². The highest BCUT2D eigenvalue weighted by molar-refractivity contribution is 5.85. The number of rotatable bonds is 6. The summed E-state index contributed by atoms with van der Waals surface area (Å²) in [4.78, 5) is 11.4. The molecular weight excluding hydrogens is 180 g/mol. The molecule has 0 spiro atoms. The Labute approximate surface area is 85.9 Å². The van der Waals surface area contributed by atoms with Crippen LogP contribution in [0.5, 0.6) is 0 Å². The van der Waals surface area contributed by atoms with Crippen molar-refractivity contribution < 1.29 is 9.90 Å². The van der Waals surface area contributed by atoms with E-state index >= 15 is 0 Å². The van der Waals surface area contributed by atoms with E-state index in [0.717, 1.165) is 0 Å². The molecule has 0 radical (unpaired) electrons. The number of aliphatic hydroxyl groups is 1. The van der Waals surface area contributed by atoms with Crippen molar-refractivity contribution in [2.75, 3.05) is 6.54 Å². The summed E-state index contributed by atoms with van der Waals surface area (Å²) in [6, 6.07) is 0. The molecule has 4 N–H and O–H groups in total. The lowest BCUT2D eigenvalue weighted by Crippen LogP contribution is -2.51. The van der Waals surface area contributed by atoms with Gasteiger partial charge in [-0.25, -0.2) is 0 Å². The maximum absolute atomic E-state index is 11.4. The molecule has 4 heteroatoms. The predicted octanol–water partition coefficient (Wildman–Crippen LogP) is 0.391. The lowest BCUT2D eigenvalue weighted by Gasteiger charge is -2.21. The molecule has 0 heterocycles. The molecule has 2 atom stereocenters. The fourth-order valence-corrected chi connectivity index (χ4v) is 0.919. The zero-order chi connectivity index (χ0) is 11.2. The van der Waals surface area contributed by atoms with Crippen LogP contribution in [0.15, 0.2) is 0 Å². The number of hydrogen-bond donors (Lipinski definition) is 3. The summed E-state index contributed by atoms with van der Waals surface area (Å²) in [6.07, 6.45) is 1.57. The van der Waals surface area contributed by atoms with E-state index < -0.39 is 5.54 Å². The number of nitrogens with two attached hydrogens (primary N) is 1. The highest BCUT2D eigenvalue weighted by atomic mass is 16.3. The van der Waals surface area contributed by atoms with Crippen molar-refractivity contribution in [1.82, 2.24) is 5.32 Å². The Bertz CT molecular complexity index is 181. The molecule has 0 saturated heterocycles. The molecule has 0 saturated carbocycles. The van der Waals surface area contributed by atoms with E-state index in [9.17, 15) is 9.90 Å². The summed E-state index contributed by atoms with van der Waals surface area (Å²) in [7, 11) is 0. The van der Waals surface area contributed by atoms with E-state index in [1.165, 1.54) is 0 Å². The zero-order valence-electron chi connectivity index (χ0n) is 9.34. The van der Waals surface area contributed by atoms with Gasteiger partial charge in [-0.1, -0.05) is 13.8 Å². The van der Waals surface area contributed by atoms with Gasteiger partial charge in [-0.05, 0) is 26.2 Å². The van der Waals surface area contributed by atoms with E-state index in [1.54, 1.807) is 6.92 Å². The van der Waals surface area contributed by atoms with Gasteiger partial charge in [0.2, 0.25) is 5.91 Å². The lowest BCUT2D eigenvalue weighted by molar-refractivity contribution is -0.125. The molecule has 4 nitrogen and oxygen atoms in total. The monoisotopic (exact) mass is 202 g/mol. The fraction of sp³-hybridized carbons (Fsp3) is 0.900. The molecule has 0 aromatic rings. The Morgan fingerprint density at radius 3 is 2.57 bits per heavy atom. The summed E-state index contributed by atoms with van der Waals surface area (Å²) in [5.74, 6) is -0.150. The first-order chi connectivity index (χ1) is 6.44. The van der Waals surface area contributed by atoms with E-state index in [4.69, 9.17) is 5.73 Å². The second-order valence-corrected chi connectivity index (χ2v) is 3.88. The SMILES string of the molecule is CCC(O)CCNC(=O)C(C)(N)CC. The van der Waals surface area contributed by atoms with E-state index in [0.29, 0.717) is 25.8 Å². The van der Waals surface area contributed by atoms with Crippen LogP contribution in [-0.2, 0) is 4.79 Å². The third-order valence-corrected chi connectivity index (χ3v) is 2.49. The van der Waals surface area contributed by atoms with Crippen LogP contribution in [0.4, 0.5) is 0 Å². The number of hydrogen-bond acceptors (Lipinski definition) is 3. The predicted molar refractivity (Wildman–Crippen MR) is 56.8 cm³/mol. The van der Waals surface area contributed by atoms with Crippen molar-refractivity contribution in [3.8, 4) is 0 Å². The third kappa shape index (κ3) is 4.58. The standard InChI is InChI=1S/C10H22N2O2/c1-4-8(13)6-7-12-9(14)10(3,11)5-2/h8,13H,4-7,11H2,1-3H3,(H,12,14). The highest BCUT2D eigenvalue weighted by Gasteiger charge is 2.25. The average molecular weight is 202 g/mol. The van der Waals surface area contributed by atoms with Crippen LogP contribution < -0.4 is 11.1 Å². The minimum atomic E-state index is -0.794. The Balaban J connectivity index is 3.75. The Morgan fingerprint density at radius 1 is 1.57 bits per heavy atom. The van der Waals surface area contributed by atoms with Gasteiger partial charge in [0.15, 0.2) is 0 Å². The Hall–Kier alpha value is -0.610. The second-order valence-electron chi connectivity index (χ2n) is 3.88. The van der Waals surface area contributed by atoms with Gasteiger partial charge in [-0.2, -0.15) is 0 Å². The van der Waals surface area contributed by atoms with Gasteiger partial charge in [0.05, 0.1) is 11.6 Å². The van der Waals surface area contributed by atoms with Crippen LogP contribution in [0.1, 0.15) is 40.0 Å². The van der Waals surface area contributed by atoms with Gasteiger partial charge in [-0.3, -0.25) is 4.79 Å². The van der Waals surface area contributed by atoms with Crippen molar-refractivity contribution in [3.05, 3.63) is 0 Å². The van der Waals surface area contributed by atoms with E-state index in [-0.39, 0.29) is 12.0 Å². The van der Waals surface area contributed by atoms with Gasteiger partial charge < -0.3 is 16.2 Å². The molecule has 0 aliphatic rings. The molecule has 0 aliphatic heterocycles. The normalized spacial score (nSPS) is 17.2. The molecule has 0 rings (SSSR count). The Kier molecular flexibility index (Phi) is 5.72. The molecule has 2 unspecified atom stereocenters. The van der Waals surface area contributed by atoms with Crippen LogP contribution in [0.3, 0.4) is 0 Å². The van der Waals surface area contributed by atoms with Crippen molar-refractivity contribution in [2.24, 2.45) is 5.73 Å². The van der Waals surface area contributed by atoms with Crippen molar-refractivity contribution >= 4 is 5.91 Å². The van der Waals surface area contributed by atoms with Gasteiger partial charge in [-0.15, -0.1) is 0 Å². The van der Waals surface area contributed by atoms with Gasteiger partial charge in [0, 0.05) is 6.54 Å². The smallest absolute Gasteiger partial charge is 0.239 e. The van der Waals surface area contributed by atoms with Crippen LogP contribution in [0.25, 0.3) is 0 Å². The number of carbonyl (C=O) groups is 1. The summed E-state index contributed by atoms with van der Waals surface area (Å²) < 4.78 is 0. The first kappa shape index (κ1) is 13.4. The minimum absolute atomic E-state index is 0.150. The highest BCUT2D eigenvalue weighted by Crippen LogP contribution is 2.04. The largest absolute Gasteiger partial charge is 0.393 e. The summed E-state index contributed by atoms with van der Waals surface area (Å²) in [6.45, 7) is 5.98. The van der Waals surface area contributed by atoms with E-state index in [1.807, 2.05) is 13.8 Å². The third-order valence-electron chi connectivity index (χ3n) is 2.49. The molecular formula is C10H22N2O2. The summed E-state index contributed by atoms with van der Waals surface area (Å²) >= 11 is 0. The first-order valence-corrected chi connectivity index (χ1v) is 5.19. The lowest BCUT2D eigenvalue weighted by atomic mass is 9.99. The average Bonchev–Trinajstić information content (AvgIpc) is 2.17. The van der Waals surface area contributed by atoms with Crippen LogP contribution in [0.2, 0.25) is 0 Å². The van der Waals surface area contributed by atoms with Crippen molar-refractivity contribution in [2.45, 2.75) is 51.7 Å². The zero-order valence-corrected chi connectivity index (χ0v) is 9.34. The quantitative estimate of drug-likeness (QED) is 0.583. The fourth-order valence-electron chi connectivity index (χ4n) is 0.919. The molecule has 0 aromatic carbocycles. The van der Waals surface area contributed by atoms with Crippen LogP contribution in [0, 0.1) is 0 Å². The number of carbonyl (C=O) groups excluding carboxylic acids is 1. The number of nitrogens with one attached hydrogen (secondary N) is 1. The molecule has 0 fully saturated rings. The van der Waals surface area contributed by atoms with Crippen LogP contribution >= 0.6 is 0 Å². The molecule has 0 aromatic heterocycles. The summed E-state index contributed by atoms with van der Waals surface area (Å²) in [5, 5.41) is 12.0. The number of amides is 1. The van der Waals surface area contributed by atoms with E-state index in [2.05, 4.69) is 5.32 Å². The number of aliphatic hydroxyl groups excluding tert-OH is 1. The minimum Gasteiger partial charge on any atom is -0.393 e. The summed E-state index contributed by atoms with van der Waals surface area (Å²) in [5.41, 5.74) is 4.94. The van der Waals surface area contributed by atoms with Gasteiger partial charge in [0.25, 0.3) is 0 Å². The van der Waals surface area contributed by atoms with Crippen molar-refractivity contribution in [1.29, 1.82) is 0 Å². The molecule has 0 bridgehead atoms. The van der Waals surface area contributed by atoms with Gasteiger partial charge >= 0.3 is 0 Å². The topological polar surface area (TPSA) is 75.3 Å². The first-order valence-electron chi connectivity index (χ1n) is 5.19.